The molecule has 2 aliphatic rings. The van der Waals surface area contributed by atoms with E-state index in [1.165, 1.54) is 35.4 Å². The zero-order valence-corrected chi connectivity index (χ0v) is 42.1. The standard InChI is InChI=1S/2C29H30F2N6/c2*1-21-8-6-9-22(2)27(21)37-29(32-33-34-37)28(24-13-14-25(30)26(31)20-24)36-18-16-35(17-19-36)15-7-12-23-10-4-3-5-11-23/h2*3-14,20,28H,15-19H2,1-2H3/b2*12-7+/t2*28-/m10/s1. The van der Waals surface area contributed by atoms with Gasteiger partial charge in [-0.25, -0.2) is 17.6 Å². The second-order valence-electron chi connectivity index (χ2n) is 18.8. The minimum Gasteiger partial charge on any atom is -0.297 e. The highest BCUT2D eigenvalue weighted by molar-refractivity contribution is 5.51. The maximum absolute atomic E-state index is 14.4. The number of aryl methyl sites for hydroxylation is 4. The molecule has 0 spiro atoms. The Morgan fingerprint density at radius 2 is 0.797 bits per heavy atom. The number of hydrogen-bond donors (Lipinski definition) is 0. The van der Waals surface area contributed by atoms with Crippen LogP contribution in [-0.4, -0.2) is 125 Å². The molecule has 2 fully saturated rings. The average molecular weight is 1000 g/mol. The molecule has 8 aromatic rings. The van der Waals surface area contributed by atoms with E-state index < -0.39 is 35.4 Å². The Morgan fingerprint density at radius 3 is 1.15 bits per heavy atom. The van der Waals surface area contributed by atoms with Crippen LogP contribution in [0, 0.1) is 51.0 Å². The molecule has 10 rings (SSSR count). The van der Waals surface area contributed by atoms with Gasteiger partial charge in [-0.15, -0.1) is 10.2 Å². The lowest BCUT2D eigenvalue weighted by molar-refractivity contribution is 0.113. The summed E-state index contributed by atoms with van der Waals surface area (Å²) in [4.78, 5) is 9.26. The molecule has 16 heteroatoms. The van der Waals surface area contributed by atoms with Crippen molar-refractivity contribution in [2.24, 2.45) is 0 Å². The van der Waals surface area contributed by atoms with Crippen molar-refractivity contribution in [2.45, 2.75) is 39.8 Å². The first-order valence-corrected chi connectivity index (χ1v) is 25.0. The summed E-state index contributed by atoms with van der Waals surface area (Å²) in [6.45, 7) is 16.1. The van der Waals surface area contributed by atoms with Gasteiger partial charge in [0.2, 0.25) is 0 Å². The van der Waals surface area contributed by atoms with E-state index in [-0.39, 0.29) is 0 Å². The molecule has 0 unspecified atom stereocenters. The SMILES string of the molecule is Cc1cccc(C)c1-n1nnnc1[C@@H](c1ccc(F)c(F)c1)N1CCN(C/C=C/c2ccccc2)CC1.Cc1cccc(C)c1-n1nnnc1[C@H](c1ccc(F)c(F)c1)N1CCN(C/C=C/c2ccccc2)CC1. The van der Waals surface area contributed by atoms with Crippen molar-refractivity contribution in [3.05, 3.63) is 225 Å². The second-order valence-corrected chi connectivity index (χ2v) is 18.8. The van der Waals surface area contributed by atoms with Gasteiger partial charge in [0, 0.05) is 65.4 Å². The fourth-order valence-electron chi connectivity index (χ4n) is 9.95. The van der Waals surface area contributed by atoms with Gasteiger partial charge in [0.05, 0.1) is 23.5 Å². The number of hydrogen-bond acceptors (Lipinski definition) is 10. The highest BCUT2D eigenvalue weighted by Gasteiger charge is 2.34. The van der Waals surface area contributed by atoms with E-state index >= 15 is 0 Å². The van der Waals surface area contributed by atoms with E-state index in [9.17, 15) is 17.6 Å². The van der Waals surface area contributed by atoms with Crippen molar-refractivity contribution in [1.29, 1.82) is 0 Å². The van der Waals surface area contributed by atoms with Gasteiger partial charge in [-0.1, -0.05) is 133 Å². The highest BCUT2D eigenvalue weighted by atomic mass is 19.2. The monoisotopic (exact) mass is 1000 g/mol. The predicted molar refractivity (Wildman–Crippen MR) is 281 cm³/mol. The quantitative estimate of drug-likeness (QED) is 0.0980. The van der Waals surface area contributed by atoms with Crippen LogP contribution in [0.4, 0.5) is 17.6 Å². The molecule has 6 aromatic carbocycles. The van der Waals surface area contributed by atoms with E-state index in [0.29, 0.717) is 22.8 Å². The van der Waals surface area contributed by atoms with Crippen molar-refractivity contribution in [1.82, 2.24) is 60.0 Å². The first-order valence-electron chi connectivity index (χ1n) is 25.0. The fourth-order valence-corrected chi connectivity index (χ4v) is 9.95. The largest absolute Gasteiger partial charge is 0.297 e. The first-order chi connectivity index (χ1) is 36.0. The minimum atomic E-state index is -0.877. The van der Waals surface area contributed by atoms with Gasteiger partial charge in [-0.2, -0.15) is 9.36 Å². The molecule has 4 heterocycles. The Bertz CT molecular complexity index is 2930. The molecule has 12 nitrogen and oxygen atoms in total. The van der Waals surface area contributed by atoms with Gasteiger partial charge < -0.3 is 0 Å². The summed E-state index contributed by atoms with van der Waals surface area (Å²) in [6.07, 6.45) is 8.63. The third-order valence-corrected chi connectivity index (χ3v) is 13.8. The van der Waals surface area contributed by atoms with Crippen LogP contribution in [0.5, 0.6) is 0 Å². The maximum atomic E-state index is 14.4. The molecule has 2 aliphatic heterocycles. The van der Waals surface area contributed by atoms with Crippen LogP contribution in [0.2, 0.25) is 0 Å². The molecule has 0 amide bonds. The molecular weight excluding hydrogens is 941 g/mol. The van der Waals surface area contributed by atoms with Crippen LogP contribution in [-0.2, 0) is 0 Å². The topological polar surface area (TPSA) is 100 Å². The van der Waals surface area contributed by atoms with Crippen molar-refractivity contribution in [2.75, 3.05) is 65.4 Å². The fraction of sp³-hybridized carbons (Fsp3) is 0.276. The second kappa shape index (κ2) is 24.0. The third-order valence-electron chi connectivity index (χ3n) is 13.8. The minimum absolute atomic E-state index is 0.425. The van der Waals surface area contributed by atoms with E-state index in [4.69, 9.17) is 0 Å². The van der Waals surface area contributed by atoms with Crippen LogP contribution < -0.4 is 0 Å². The van der Waals surface area contributed by atoms with Gasteiger partial charge in [-0.3, -0.25) is 19.6 Å². The molecule has 0 bridgehead atoms. The van der Waals surface area contributed by atoms with Crippen molar-refractivity contribution < 1.29 is 17.6 Å². The predicted octanol–water partition coefficient (Wildman–Crippen LogP) is 9.96. The number of tetrazole rings is 2. The van der Waals surface area contributed by atoms with Crippen molar-refractivity contribution >= 4 is 12.2 Å². The molecule has 2 saturated heterocycles. The zero-order valence-electron chi connectivity index (χ0n) is 42.1. The first kappa shape index (κ1) is 51.4. The van der Waals surface area contributed by atoms with Crippen LogP contribution >= 0.6 is 0 Å². The molecular formula is C58H60F4N12. The molecule has 74 heavy (non-hydrogen) atoms. The molecule has 0 saturated carbocycles. The summed E-state index contributed by atoms with van der Waals surface area (Å²) in [5, 5.41) is 25.4. The van der Waals surface area contributed by atoms with Crippen LogP contribution in [0.25, 0.3) is 23.5 Å². The van der Waals surface area contributed by atoms with E-state index in [1.807, 2.05) is 100 Å². The van der Waals surface area contributed by atoms with E-state index in [2.05, 4.69) is 99.2 Å². The Balaban J connectivity index is 0.000000182. The van der Waals surface area contributed by atoms with Crippen molar-refractivity contribution in [3.8, 4) is 11.4 Å². The summed E-state index contributed by atoms with van der Waals surface area (Å²) < 4.78 is 59.9. The molecule has 0 aliphatic carbocycles. The number of piperazine rings is 2. The van der Waals surface area contributed by atoms with E-state index in [0.717, 1.165) is 99.1 Å². The van der Waals surface area contributed by atoms with Crippen LogP contribution in [0.15, 0.2) is 146 Å². The zero-order chi connectivity index (χ0) is 51.6. The third kappa shape index (κ3) is 12.1. The Morgan fingerprint density at radius 1 is 0.432 bits per heavy atom. The summed E-state index contributed by atoms with van der Waals surface area (Å²) in [5.41, 5.74) is 9.55. The van der Waals surface area contributed by atoms with Gasteiger partial charge in [0.15, 0.2) is 34.9 Å². The number of aromatic nitrogens is 8. The number of para-hydroxylation sites is 2. The Hall–Kier alpha value is -7.50. The molecule has 0 radical (unpaired) electrons. The van der Waals surface area contributed by atoms with Gasteiger partial charge in [0.1, 0.15) is 0 Å². The molecule has 2 atom stereocenters. The maximum Gasteiger partial charge on any atom is 0.178 e. The number of nitrogens with zero attached hydrogens (tertiary/aromatic N) is 12. The number of rotatable bonds is 14. The van der Waals surface area contributed by atoms with Gasteiger partial charge in [-0.05, 0) is 117 Å². The highest BCUT2D eigenvalue weighted by Crippen LogP contribution is 2.34. The van der Waals surface area contributed by atoms with Crippen molar-refractivity contribution in [3.63, 3.8) is 0 Å². The van der Waals surface area contributed by atoms with E-state index in [1.54, 1.807) is 21.5 Å². The summed E-state index contributed by atoms with van der Waals surface area (Å²) in [7, 11) is 0. The summed E-state index contributed by atoms with van der Waals surface area (Å²) >= 11 is 0. The average Bonchev–Trinajstić information content (AvgIpc) is 4.08. The smallest absolute Gasteiger partial charge is 0.178 e. The van der Waals surface area contributed by atoms with Gasteiger partial charge in [0.25, 0.3) is 0 Å². The van der Waals surface area contributed by atoms with Gasteiger partial charge >= 0.3 is 0 Å². The summed E-state index contributed by atoms with van der Waals surface area (Å²) in [5.74, 6) is -2.32. The molecule has 2 aromatic heterocycles. The Labute approximate surface area is 429 Å². The van der Waals surface area contributed by atoms with Crippen LogP contribution in [0.1, 0.15) is 68.2 Å². The summed E-state index contributed by atoms with van der Waals surface area (Å²) in [6, 6.07) is 39.8. The lowest BCUT2D eigenvalue weighted by atomic mass is 10.0. The normalized spacial score (nSPS) is 15.9. The number of benzene rings is 6. The lowest BCUT2D eigenvalue weighted by Gasteiger charge is -2.38. The molecule has 380 valence electrons. The Kier molecular flexibility index (Phi) is 16.7. The number of halogens is 4. The lowest BCUT2D eigenvalue weighted by Crippen LogP contribution is -2.48. The molecule has 0 N–H and O–H groups in total. The van der Waals surface area contributed by atoms with Crippen LogP contribution in [0.3, 0.4) is 0 Å².